The first-order valence-corrected chi connectivity index (χ1v) is 5.87. The summed E-state index contributed by atoms with van der Waals surface area (Å²) >= 11 is 2.11. The lowest BCUT2D eigenvalue weighted by atomic mass is 10.2. The maximum Gasteiger partial charge on any atom is 0.251 e. The Kier molecular flexibility index (Phi) is 3.28. The van der Waals surface area contributed by atoms with Gasteiger partial charge in [0.25, 0.3) is 5.56 Å². The van der Waals surface area contributed by atoms with Crippen LogP contribution in [0.2, 0.25) is 0 Å². The fraction of sp³-hybridized carbons (Fsp3) is 0.0833. The standard InChI is InChI=1S/C12H10INO2/c13-10-4-5-14(12(16)7-10)8-9-2-1-3-11(15)6-9/h1-7,15H,8H2. The van der Waals surface area contributed by atoms with Gasteiger partial charge in [0.15, 0.2) is 0 Å². The van der Waals surface area contributed by atoms with E-state index >= 15 is 0 Å². The fourth-order valence-electron chi connectivity index (χ4n) is 1.47. The van der Waals surface area contributed by atoms with Crippen molar-refractivity contribution in [2.45, 2.75) is 6.54 Å². The number of rotatable bonds is 2. The van der Waals surface area contributed by atoms with Crippen LogP contribution in [0.5, 0.6) is 5.75 Å². The number of aromatic hydroxyl groups is 1. The molecule has 82 valence electrons. The van der Waals surface area contributed by atoms with Crippen molar-refractivity contribution in [1.82, 2.24) is 4.57 Å². The van der Waals surface area contributed by atoms with Gasteiger partial charge in [0.05, 0.1) is 6.54 Å². The molecule has 1 aromatic carbocycles. The van der Waals surface area contributed by atoms with Gasteiger partial charge in [0.2, 0.25) is 0 Å². The molecule has 16 heavy (non-hydrogen) atoms. The van der Waals surface area contributed by atoms with Crippen LogP contribution in [0.1, 0.15) is 5.56 Å². The molecule has 0 amide bonds. The van der Waals surface area contributed by atoms with Gasteiger partial charge < -0.3 is 9.67 Å². The first kappa shape index (κ1) is 11.2. The van der Waals surface area contributed by atoms with Crippen LogP contribution in [0.25, 0.3) is 0 Å². The van der Waals surface area contributed by atoms with E-state index in [1.54, 1.807) is 35.0 Å². The van der Waals surface area contributed by atoms with Gasteiger partial charge in [-0.1, -0.05) is 12.1 Å². The summed E-state index contributed by atoms with van der Waals surface area (Å²) in [5, 5.41) is 9.32. The molecule has 0 bridgehead atoms. The van der Waals surface area contributed by atoms with E-state index in [1.165, 1.54) is 0 Å². The average Bonchev–Trinajstić information content (AvgIpc) is 2.22. The van der Waals surface area contributed by atoms with E-state index < -0.39 is 0 Å². The van der Waals surface area contributed by atoms with Gasteiger partial charge in [-0.2, -0.15) is 0 Å². The number of phenols is 1. The van der Waals surface area contributed by atoms with E-state index in [9.17, 15) is 9.90 Å². The number of hydrogen-bond donors (Lipinski definition) is 1. The van der Waals surface area contributed by atoms with E-state index in [0.29, 0.717) is 6.54 Å². The molecule has 3 nitrogen and oxygen atoms in total. The van der Waals surface area contributed by atoms with Gasteiger partial charge >= 0.3 is 0 Å². The Morgan fingerprint density at radius 3 is 2.75 bits per heavy atom. The first-order chi connectivity index (χ1) is 7.65. The fourth-order valence-corrected chi connectivity index (χ4v) is 1.89. The molecule has 4 heteroatoms. The number of nitrogens with zero attached hydrogens (tertiary/aromatic N) is 1. The predicted octanol–water partition coefficient (Wildman–Crippen LogP) is 2.21. The van der Waals surface area contributed by atoms with E-state index in [2.05, 4.69) is 22.6 Å². The van der Waals surface area contributed by atoms with Gasteiger partial charge in [-0.3, -0.25) is 4.79 Å². The largest absolute Gasteiger partial charge is 0.508 e. The van der Waals surface area contributed by atoms with Crippen molar-refractivity contribution in [2.24, 2.45) is 0 Å². The highest BCUT2D eigenvalue weighted by Gasteiger charge is 1.99. The second-order valence-electron chi connectivity index (χ2n) is 3.48. The Morgan fingerprint density at radius 1 is 1.25 bits per heavy atom. The first-order valence-electron chi connectivity index (χ1n) is 4.79. The molecule has 0 unspecified atom stereocenters. The molecular formula is C12H10INO2. The summed E-state index contributed by atoms with van der Waals surface area (Å²) in [5.74, 6) is 0.219. The topological polar surface area (TPSA) is 42.2 Å². The Bertz CT molecular complexity index is 563. The molecule has 0 spiro atoms. The minimum absolute atomic E-state index is 0.0322. The van der Waals surface area contributed by atoms with Crippen LogP contribution in [-0.2, 0) is 6.54 Å². The zero-order valence-corrected chi connectivity index (χ0v) is 10.6. The second kappa shape index (κ2) is 4.69. The number of benzene rings is 1. The average molecular weight is 327 g/mol. The highest BCUT2D eigenvalue weighted by Crippen LogP contribution is 2.11. The van der Waals surface area contributed by atoms with E-state index in [4.69, 9.17) is 0 Å². The molecule has 0 aliphatic carbocycles. The van der Waals surface area contributed by atoms with Gasteiger partial charge in [-0.15, -0.1) is 0 Å². The van der Waals surface area contributed by atoms with Gasteiger partial charge in [-0.25, -0.2) is 0 Å². The molecule has 0 aliphatic heterocycles. The quantitative estimate of drug-likeness (QED) is 0.860. The minimum atomic E-state index is -0.0322. The normalized spacial score (nSPS) is 10.3. The molecule has 0 atom stereocenters. The number of halogens is 1. The molecule has 2 aromatic rings. The smallest absolute Gasteiger partial charge is 0.251 e. The van der Waals surface area contributed by atoms with Gasteiger partial charge in [0.1, 0.15) is 5.75 Å². The second-order valence-corrected chi connectivity index (χ2v) is 4.73. The van der Waals surface area contributed by atoms with Gasteiger partial charge in [0, 0.05) is 15.8 Å². The summed E-state index contributed by atoms with van der Waals surface area (Å²) in [6.07, 6.45) is 1.76. The van der Waals surface area contributed by atoms with Crippen molar-refractivity contribution in [3.05, 3.63) is 62.1 Å². The van der Waals surface area contributed by atoms with Gasteiger partial charge in [-0.05, 0) is 46.4 Å². The minimum Gasteiger partial charge on any atom is -0.508 e. The van der Waals surface area contributed by atoms with Crippen LogP contribution in [0.4, 0.5) is 0 Å². The molecule has 0 saturated carbocycles. The van der Waals surface area contributed by atoms with Crippen LogP contribution in [0.15, 0.2) is 47.4 Å². The molecule has 2 rings (SSSR count). The van der Waals surface area contributed by atoms with Crippen LogP contribution < -0.4 is 5.56 Å². The lowest BCUT2D eigenvalue weighted by molar-refractivity contribution is 0.474. The van der Waals surface area contributed by atoms with Crippen molar-refractivity contribution < 1.29 is 5.11 Å². The third-order valence-corrected chi connectivity index (χ3v) is 2.89. The predicted molar refractivity (Wildman–Crippen MR) is 70.6 cm³/mol. The molecule has 0 aliphatic rings. The summed E-state index contributed by atoms with van der Waals surface area (Å²) in [7, 11) is 0. The maximum atomic E-state index is 11.6. The third-order valence-electron chi connectivity index (χ3n) is 2.22. The summed E-state index contributed by atoms with van der Waals surface area (Å²) in [5.41, 5.74) is 0.874. The van der Waals surface area contributed by atoms with Crippen molar-refractivity contribution >= 4 is 22.6 Å². The highest BCUT2D eigenvalue weighted by atomic mass is 127. The van der Waals surface area contributed by atoms with E-state index in [0.717, 1.165) is 9.13 Å². The van der Waals surface area contributed by atoms with Crippen molar-refractivity contribution in [3.63, 3.8) is 0 Å². The number of hydrogen-bond acceptors (Lipinski definition) is 2. The lowest BCUT2D eigenvalue weighted by Gasteiger charge is -2.05. The SMILES string of the molecule is O=c1cc(I)ccn1Cc1cccc(O)c1. The summed E-state index contributed by atoms with van der Waals surface area (Å²) in [6.45, 7) is 0.476. The Balaban J connectivity index is 2.31. The number of aromatic nitrogens is 1. The van der Waals surface area contributed by atoms with Crippen molar-refractivity contribution in [1.29, 1.82) is 0 Å². The van der Waals surface area contributed by atoms with Crippen LogP contribution in [-0.4, -0.2) is 9.67 Å². The lowest BCUT2D eigenvalue weighted by Crippen LogP contribution is -2.19. The van der Waals surface area contributed by atoms with Crippen LogP contribution in [0.3, 0.4) is 0 Å². The van der Waals surface area contributed by atoms with Crippen LogP contribution >= 0.6 is 22.6 Å². The molecular weight excluding hydrogens is 317 g/mol. The Morgan fingerprint density at radius 2 is 2.06 bits per heavy atom. The Hall–Kier alpha value is -1.30. The molecule has 1 heterocycles. The zero-order valence-electron chi connectivity index (χ0n) is 8.43. The number of pyridine rings is 1. The summed E-state index contributed by atoms with van der Waals surface area (Å²) in [4.78, 5) is 11.6. The highest BCUT2D eigenvalue weighted by molar-refractivity contribution is 14.1. The summed E-state index contributed by atoms with van der Waals surface area (Å²) < 4.78 is 2.53. The zero-order chi connectivity index (χ0) is 11.5. The molecule has 0 fully saturated rings. The van der Waals surface area contributed by atoms with Crippen molar-refractivity contribution in [3.8, 4) is 5.75 Å². The van der Waals surface area contributed by atoms with Crippen LogP contribution in [0, 0.1) is 3.57 Å². The van der Waals surface area contributed by atoms with Crippen molar-refractivity contribution in [2.75, 3.05) is 0 Å². The van der Waals surface area contributed by atoms with E-state index in [1.807, 2.05) is 12.1 Å². The molecule has 0 radical (unpaired) electrons. The third kappa shape index (κ3) is 2.63. The molecule has 1 N–H and O–H groups in total. The Labute approximate surface area is 107 Å². The molecule has 1 aromatic heterocycles. The molecule has 0 saturated heterocycles. The number of phenolic OH excluding ortho intramolecular Hbond substituents is 1. The monoisotopic (exact) mass is 327 g/mol. The van der Waals surface area contributed by atoms with E-state index in [-0.39, 0.29) is 11.3 Å². The summed E-state index contributed by atoms with van der Waals surface area (Å²) in [6, 6.07) is 10.4. The maximum absolute atomic E-state index is 11.6.